The molecule has 1 aliphatic heterocycles. The van der Waals surface area contributed by atoms with E-state index in [2.05, 4.69) is 5.32 Å². The van der Waals surface area contributed by atoms with Gasteiger partial charge in [0.1, 0.15) is 5.75 Å². The lowest BCUT2D eigenvalue weighted by Gasteiger charge is -2.17. The lowest BCUT2D eigenvalue weighted by atomic mass is 10.1. The standard InChI is InChI=1S/C18H20N2O3S/c1-23-16-4-2-13(3-5-16)10-20-11-15(8-17(20)21)18(22)19-9-14-6-7-24-12-14/h2-7,12,15H,8-11H2,1H3,(H,19,22)/t15-/m0/s1. The van der Waals surface area contributed by atoms with E-state index < -0.39 is 0 Å². The Bertz CT molecular complexity index is 698. The summed E-state index contributed by atoms with van der Waals surface area (Å²) < 4.78 is 5.13. The van der Waals surface area contributed by atoms with Crippen LogP contribution in [0, 0.1) is 5.92 Å². The topological polar surface area (TPSA) is 58.6 Å². The molecule has 2 amide bonds. The highest BCUT2D eigenvalue weighted by molar-refractivity contribution is 7.07. The molecule has 1 aromatic heterocycles. The number of nitrogens with zero attached hydrogens (tertiary/aromatic N) is 1. The maximum atomic E-state index is 12.3. The zero-order chi connectivity index (χ0) is 16.9. The molecule has 1 aromatic carbocycles. The summed E-state index contributed by atoms with van der Waals surface area (Å²) in [5.41, 5.74) is 2.12. The van der Waals surface area contributed by atoms with Crippen LogP contribution in [0.15, 0.2) is 41.1 Å². The molecule has 3 rings (SSSR count). The van der Waals surface area contributed by atoms with Crippen molar-refractivity contribution in [3.05, 3.63) is 52.2 Å². The summed E-state index contributed by atoms with van der Waals surface area (Å²) in [6.45, 7) is 1.52. The third kappa shape index (κ3) is 3.94. The second kappa shape index (κ2) is 7.49. The molecule has 0 spiro atoms. The second-order valence-corrected chi connectivity index (χ2v) is 6.65. The van der Waals surface area contributed by atoms with Crippen LogP contribution in [-0.2, 0) is 22.7 Å². The van der Waals surface area contributed by atoms with Gasteiger partial charge in [-0.1, -0.05) is 12.1 Å². The monoisotopic (exact) mass is 344 g/mol. The Morgan fingerprint density at radius 1 is 1.29 bits per heavy atom. The number of amides is 2. The quantitative estimate of drug-likeness (QED) is 0.875. The van der Waals surface area contributed by atoms with Crippen molar-refractivity contribution in [2.24, 2.45) is 5.92 Å². The number of nitrogens with one attached hydrogen (secondary N) is 1. The van der Waals surface area contributed by atoms with Crippen molar-refractivity contribution < 1.29 is 14.3 Å². The molecule has 0 saturated carbocycles. The first-order valence-electron chi connectivity index (χ1n) is 7.85. The fourth-order valence-electron chi connectivity index (χ4n) is 2.78. The van der Waals surface area contributed by atoms with Crippen LogP contribution in [-0.4, -0.2) is 30.4 Å². The maximum absolute atomic E-state index is 12.3. The van der Waals surface area contributed by atoms with Crippen LogP contribution in [0.1, 0.15) is 17.5 Å². The van der Waals surface area contributed by atoms with E-state index in [9.17, 15) is 9.59 Å². The molecule has 6 heteroatoms. The molecule has 1 fully saturated rings. The molecular weight excluding hydrogens is 324 g/mol. The fraction of sp³-hybridized carbons (Fsp3) is 0.333. The van der Waals surface area contributed by atoms with Gasteiger partial charge in [0.15, 0.2) is 0 Å². The van der Waals surface area contributed by atoms with Gasteiger partial charge in [0.05, 0.1) is 13.0 Å². The molecule has 0 aliphatic carbocycles. The molecule has 2 heterocycles. The number of thiophene rings is 1. The lowest BCUT2D eigenvalue weighted by Crippen LogP contribution is -2.32. The van der Waals surface area contributed by atoms with Crippen molar-refractivity contribution in [3.63, 3.8) is 0 Å². The number of likely N-dealkylation sites (tertiary alicyclic amines) is 1. The Morgan fingerprint density at radius 2 is 2.08 bits per heavy atom. The number of carbonyl (C=O) groups is 2. The van der Waals surface area contributed by atoms with E-state index in [0.717, 1.165) is 16.9 Å². The van der Waals surface area contributed by atoms with Crippen LogP contribution >= 0.6 is 11.3 Å². The number of carbonyl (C=O) groups excluding carboxylic acids is 2. The highest BCUT2D eigenvalue weighted by Gasteiger charge is 2.34. The Balaban J connectivity index is 1.53. The van der Waals surface area contributed by atoms with Gasteiger partial charge in [-0.25, -0.2) is 0 Å². The minimum Gasteiger partial charge on any atom is -0.497 e. The van der Waals surface area contributed by atoms with Crippen LogP contribution in [0.4, 0.5) is 0 Å². The normalized spacial score (nSPS) is 17.1. The maximum Gasteiger partial charge on any atom is 0.225 e. The summed E-state index contributed by atoms with van der Waals surface area (Å²) in [7, 11) is 1.62. The SMILES string of the molecule is COc1ccc(CN2C[C@@H](C(=O)NCc3ccsc3)CC2=O)cc1. The summed E-state index contributed by atoms with van der Waals surface area (Å²) >= 11 is 1.61. The summed E-state index contributed by atoms with van der Waals surface area (Å²) in [4.78, 5) is 26.2. The van der Waals surface area contributed by atoms with E-state index >= 15 is 0 Å². The smallest absolute Gasteiger partial charge is 0.225 e. The molecule has 0 radical (unpaired) electrons. The first-order chi connectivity index (χ1) is 11.7. The molecule has 0 bridgehead atoms. The van der Waals surface area contributed by atoms with E-state index in [1.807, 2.05) is 41.1 Å². The number of methoxy groups -OCH3 is 1. The van der Waals surface area contributed by atoms with Crippen LogP contribution in [0.5, 0.6) is 5.75 Å². The number of rotatable bonds is 6. The Kier molecular flexibility index (Phi) is 5.15. The summed E-state index contributed by atoms with van der Waals surface area (Å²) in [6.07, 6.45) is 0.283. The third-order valence-corrected chi connectivity index (χ3v) is 4.90. The van der Waals surface area contributed by atoms with Gasteiger partial charge in [-0.3, -0.25) is 9.59 Å². The number of hydrogen-bond donors (Lipinski definition) is 1. The Morgan fingerprint density at radius 3 is 2.75 bits per heavy atom. The third-order valence-electron chi connectivity index (χ3n) is 4.16. The second-order valence-electron chi connectivity index (χ2n) is 5.87. The van der Waals surface area contributed by atoms with Crippen molar-refractivity contribution in [2.75, 3.05) is 13.7 Å². The Labute approximate surface area is 145 Å². The molecule has 1 saturated heterocycles. The van der Waals surface area contributed by atoms with Gasteiger partial charge in [-0.15, -0.1) is 0 Å². The fourth-order valence-corrected chi connectivity index (χ4v) is 3.45. The molecule has 2 aromatic rings. The van der Waals surface area contributed by atoms with E-state index in [-0.39, 0.29) is 24.2 Å². The summed E-state index contributed by atoms with van der Waals surface area (Å²) in [6, 6.07) is 9.62. The molecule has 126 valence electrons. The van der Waals surface area contributed by atoms with Crippen LogP contribution < -0.4 is 10.1 Å². The number of ether oxygens (including phenoxy) is 1. The molecule has 0 unspecified atom stereocenters. The zero-order valence-electron chi connectivity index (χ0n) is 13.5. The van der Waals surface area contributed by atoms with E-state index in [1.165, 1.54) is 0 Å². The molecule has 1 N–H and O–H groups in total. The molecule has 1 atom stereocenters. The first-order valence-corrected chi connectivity index (χ1v) is 8.79. The van der Waals surface area contributed by atoms with Gasteiger partial charge in [0, 0.05) is 26.1 Å². The lowest BCUT2D eigenvalue weighted by molar-refractivity contribution is -0.129. The number of benzene rings is 1. The van der Waals surface area contributed by atoms with Crippen molar-refractivity contribution >= 4 is 23.2 Å². The van der Waals surface area contributed by atoms with Crippen molar-refractivity contribution in [2.45, 2.75) is 19.5 Å². The van der Waals surface area contributed by atoms with Crippen molar-refractivity contribution in [1.29, 1.82) is 0 Å². The molecular formula is C18H20N2O3S. The van der Waals surface area contributed by atoms with Gasteiger partial charge < -0.3 is 15.0 Å². The summed E-state index contributed by atoms with van der Waals surface area (Å²) in [5, 5.41) is 6.91. The highest BCUT2D eigenvalue weighted by atomic mass is 32.1. The molecule has 5 nitrogen and oxygen atoms in total. The highest BCUT2D eigenvalue weighted by Crippen LogP contribution is 2.21. The molecule has 24 heavy (non-hydrogen) atoms. The minimum atomic E-state index is -0.269. The largest absolute Gasteiger partial charge is 0.497 e. The Hall–Kier alpha value is -2.34. The number of hydrogen-bond acceptors (Lipinski definition) is 4. The summed E-state index contributed by atoms with van der Waals surface area (Å²) in [5.74, 6) is 0.500. The van der Waals surface area contributed by atoms with Gasteiger partial charge >= 0.3 is 0 Å². The van der Waals surface area contributed by atoms with Crippen LogP contribution in [0.25, 0.3) is 0 Å². The zero-order valence-corrected chi connectivity index (χ0v) is 14.3. The van der Waals surface area contributed by atoms with Crippen molar-refractivity contribution in [3.8, 4) is 5.75 Å². The minimum absolute atomic E-state index is 0.0292. The van der Waals surface area contributed by atoms with Gasteiger partial charge in [0.25, 0.3) is 0 Å². The predicted octanol–water partition coefficient (Wildman–Crippen LogP) is 2.42. The average molecular weight is 344 g/mol. The average Bonchev–Trinajstić information content (AvgIpc) is 3.24. The first kappa shape index (κ1) is 16.5. The van der Waals surface area contributed by atoms with Gasteiger partial charge in [-0.05, 0) is 40.1 Å². The van der Waals surface area contributed by atoms with Crippen LogP contribution in [0.2, 0.25) is 0 Å². The van der Waals surface area contributed by atoms with E-state index in [4.69, 9.17) is 4.74 Å². The van der Waals surface area contributed by atoms with Crippen molar-refractivity contribution in [1.82, 2.24) is 10.2 Å². The molecule has 1 aliphatic rings. The van der Waals surface area contributed by atoms with E-state index in [1.54, 1.807) is 23.3 Å². The van der Waals surface area contributed by atoms with Gasteiger partial charge in [-0.2, -0.15) is 11.3 Å². The predicted molar refractivity (Wildman–Crippen MR) is 92.7 cm³/mol. The van der Waals surface area contributed by atoms with Crippen LogP contribution in [0.3, 0.4) is 0 Å². The van der Waals surface area contributed by atoms with Gasteiger partial charge in [0.2, 0.25) is 11.8 Å². The van der Waals surface area contributed by atoms with E-state index in [0.29, 0.717) is 19.6 Å².